The number of hydrogen-bond donors (Lipinski definition) is 1. The van der Waals surface area contributed by atoms with Crippen molar-refractivity contribution in [2.75, 3.05) is 11.4 Å². The molecule has 1 aliphatic rings. The van der Waals surface area contributed by atoms with Crippen molar-refractivity contribution < 1.29 is 18.3 Å². The van der Waals surface area contributed by atoms with Gasteiger partial charge in [-0.2, -0.15) is 13.2 Å². The van der Waals surface area contributed by atoms with Crippen LogP contribution in [0.4, 0.5) is 18.9 Å². The maximum atomic E-state index is 12.9. The molecule has 1 saturated carbocycles. The molecule has 1 aliphatic carbocycles. The monoisotopic (exact) mass is 271 g/mol. The fraction of sp³-hybridized carbons (Fsp3) is 0.429. The van der Waals surface area contributed by atoms with Crippen LogP contribution < -0.4 is 4.90 Å². The molecule has 0 atom stereocenters. The molecule has 2 nitrogen and oxygen atoms in total. The number of alkyl halides is 3. The second-order valence-corrected chi connectivity index (χ2v) is 4.67. The van der Waals surface area contributed by atoms with Crippen LogP contribution in [0.2, 0.25) is 0 Å². The van der Waals surface area contributed by atoms with Gasteiger partial charge in [0.25, 0.3) is 0 Å². The highest BCUT2D eigenvalue weighted by molar-refractivity contribution is 5.54. The maximum Gasteiger partial charge on any atom is 0.416 e. The second kappa shape index (κ2) is 5.25. The molecule has 0 amide bonds. The largest absolute Gasteiger partial charge is 0.416 e. The summed E-state index contributed by atoms with van der Waals surface area (Å²) in [6, 6.07) is 4.39. The van der Waals surface area contributed by atoms with Gasteiger partial charge < -0.3 is 10.0 Å². The number of aliphatic hydroxyl groups is 1. The van der Waals surface area contributed by atoms with Gasteiger partial charge in [-0.1, -0.05) is 12.1 Å². The molecule has 1 N–H and O–H groups in total. The predicted octanol–water partition coefficient (Wildman–Crippen LogP) is 3.35. The van der Waals surface area contributed by atoms with Crippen LogP contribution in [-0.2, 0) is 12.8 Å². The fourth-order valence-electron chi connectivity index (χ4n) is 2.14. The Morgan fingerprint density at radius 1 is 1.37 bits per heavy atom. The van der Waals surface area contributed by atoms with Gasteiger partial charge in [0.05, 0.1) is 12.2 Å². The first-order valence-corrected chi connectivity index (χ1v) is 6.16. The topological polar surface area (TPSA) is 23.5 Å². The molecule has 5 heteroatoms. The van der Waals surface area contributed by atoms with E-state index in [4.69, 9.17) is 5.11 Å². The van der Waals surface area contributed by atoms with E-state index in [1.165, 1.54) is 6.07 Å². The second-order valence-electron chi connectivity index (χ2n) is 4.67. The molecular weight excluding hydrogens is 255 g/mol. The lowest BCUT2D eigenvalue weighted by atomic mass is 10.1. The van der Waals surface area contributed by atoms with E-state index in [-0.39, 0.29) is 5.56 Å². The van der Waals surface area contributed by atoms with Crippen molar-refractivity contribution in [1.82, 2.24) is 0 Å². The molecule has 0 bridgehead atoms. The zero-order valence-corrected chi connectivity index (χ0v) is 10.5. The van der Waals surface area contributed by atoms with E-state index in [1.807, 2.05) is 4.90 Å². The zero-order valence-electron chi connectivity index (χ0n) is 10.5. The summed E-state index contributed by atoms with van der Waals surface area (Å²) in [6.07, 6.45) is -0.767. The summed E-state index contributed by atoms with van der Waals surface area (Å²) in [5, 5.41) is 9.01. The molecule has 1 fully saturated rings. The normalized spacial score (nSPS) is 15.4. The van der Waals surface area contributed by atoms with Gasteiger partial charge in [-0.25, -0.2) is 0 Å². The Morgan fingerprint density at radius 3 is 2.53 bits per heavy atom. The summed E-state index contributed by atoms with van der Waals surface area (Å²) in [5.41, 5.74) is -0.320. The standard InChI is InChI=1S/C14H16F3NO/c1-2-7-18(11-5-6-11)12-4-3-10(9-19)13(8-12)14(15,16)17/h2-4,8,11,19H,1,5-7,9H2. The predicted molar refractivity (Wildman–Crippen MR) is 67.9 cm³/mol. The van der Waals surface area contributed by atoms with Crippen LogP contribution in [0.1, 0.15) is 24.0 Å². The summed E-state index contributed by atoms with van der Waals surface area (Å²) in [7, 11) is 0. The number of aliphatic hydroxyl groups excluding tert-OH is 1. The number of hydrogen-bond acceptors (Lipinski definition) is 2. The summed E-state index contributed by atoms with van der Waals surface area (Å²) >= 11 is 0. The molecule has 1 aromatic carbocycles. The highest BCUT2D eigenvalue weighted by atomic mass is 19.4. The number of nitrogens with zero attached hydrogens (tertiary/aromatic N) is 1. The van der Waals surface area contributed by atoms with Gasteiger partial charge in [-0.15, -0.1) is 6.58 Å². The van der Waals surface area contributed by atoms with Gasteiger partial charge in [-0.05, 0) is 30.5 Å². The minimum atomic E-state index is -4.45. The van der Waals surface area contributed by atoms with Gasteiger partial charge in [-0.3, -0.25) is 0 Å². The summed E-state index contributed by atoms with van der Waals surface area (Å²) in [5.74, 6) is 0. The van der Waals surface area contributed by atoms with E-state index in [9.17, 15) is 13.2 Å². The van der Waals surface area contributed by atoms with Gasteiger partial charge in [0.15, 0.2) is 0 Å². The minimum absolute atomic E-state index is 0.0920. The van der Waals surface area contributed by atoms with Crippen LogP contribution in [0.5, 0.6) is 0 Å². The molecule has 104 valence electrons. The molecule has 1 aromatic rings. The smallest absolute Gasteiger partial charge is 0.392 e. The van der Waals surface area contributed by atoms with E-state index >= 15 is 0 Å². The molecular formula is C14H16F3NO. The molecule has 0 saturated heterocycles. The molecule has 0 aliphatic heterocycles. The highest BCUT2D eigenvalue weighted by Gasteiger charge is 2.35. The molecule has 0 spiro atoms. The number of anilines is 1. The van der Waals surface area contributed by atoms with Crippen LogP contribution in [0.25, 0.3) is 0 Å². The van der Waals surface area contributed by atoms with E-state index in [0.717, 1.165) is 18.9 Å². The Labute approximate surface area is 110 Å². The summed E-state index contributed by atoms with van der Waals surface area (Å²) in [4.78, 5) is 1.92. The van der Waals surface area contributed by atoms with Crippen molar-refractivity contribution in [3.8, 4) is 0 Å². The highest BCUT2D eigenvalue weighted by Crippen LogP contribution is 2.37. The molecule has 19 heavy (non-hydrogen) atoms. The summed E-state index contributed by atoms with van der Waals surface area (Å²) < 4.78 is 38.8. The molecule has 0 aromatic heterocycles. The SMILES string of the molecule is C=CCN(c1ccc(CO)c(C(F)(F)F)c1)C1CC1. The lowest BCUT2D eigenvalue weighted by molar-refractivity contribution is -0.138. The average molecular weight is 271 g/mol. The number of benzene rings is 1. The molecule has 0 radical (unpaired) electrons. The quantitative estimate of drug-likeness (QED) is 0.830. The van der Waals surface area contributed by atoms with Gasteiger partial charge in [0.1, 0.15) is 0 Å². The first-order valence-electron chi connectivity index (χ1n) is 6.16. The molecule has 2 rings (SSSR count). The number of rotatable bonds is 5. The summed E-state index contributed by atoms with van der Waals surface area (Å²) in [6.45, 7) is 3.55. The Balaban J connectivity index is 2.38. The fourth-order valence-corrected chi connectivity index (χ4v) is 2.14. The maximum absolute atomic E-state index is 12.9. The Kier molecular flexibility index (Phi) is 3.85. The zero-order chi connectivity index (χ0) is 14.0. The third kappa shape index (κ3) is 3.10. The number of halogens is 3. The van der Waals surface area contributed by atoms with E-state index in [0.29, 0.717) is 18.3 Å². The van der Waals surface area contributed by atoms with Crippen molar-refractivity contribution in [1.29, 1.82) is 0 Å². The van der Waals surface area contributed by atoms with E-state index < -0.39 is 18.3 Å². The van der Waals surface area contributed by atoms with Crippen LogP contribution >= 0.6 is 0 Å². The Bertz CT molecular complexity index is 466. The lowest BCUT2D eigenvalue weighted by Gasteiger charge is -2.24. The molecule has 0 unspecified atom stereocenters. The third-order valence-corrected chi connectivity index (χ3v) is 3.21. The lowest BCUT2D eigenvalue weighted by Crippen LogP contribution is -2.26. The van der Waals surface area contributed by atoms with Gasteiger partial charge in [0, 0.05) is 18.3 Å². The van der Waals surface area contributed by atoms with Crippen molar-refractivity contribution in [3.05, 3.63) is 42.0 Å². The van der Waals surface area contributed by atoms with Crippen molar-refractivity contribution in [3.63, 3.8) is 0 Å². The van der Waals surface area contributed by atoms with Crippen molar-refractivity contribution in [2.24, 2.45) is 0 Å². The van der Waals surface area contributed by atoms with Crippen molar-refractivity contribution >= 4 is 5.69 Å². The van der Waals surface area contributed by atoms with E-state index in [2.05, 4.69) is 6.58 Å². The van der Waals surface area contributed by atoms with Gasteiger partial charge in [0.2, 0.25) is 0 Å². The van der Waals surface area contributed by atoms with Crippen LogP contribution in [-0.4, -0.2) is 17.7 Å². The van der Waals surface area contributed by atoms with Crippen LogP contribution in [0.3, 0.4) is 0 Å². The Morgan fingerprint density at radius 2 is 2.05 bits per heavy atom. The average Bonchev–Trinajstić information content (AvgIpc) is 3.18. The molecule has 0 heterocycles. The van der Waals surface area contributed by atoms with Crippen molar-refractivity contribution in [2.45, 2.75) is 31.7 Å². The minimum Gasteiger partial charge on any atom is -0.392 e. The van der Waals surface area contributed by atoms with Crippen LogP contribution in [0.15, 0.2) is 30.9 Å². The van der Waals surface area contributed by atoms with E-state index in [1.54, 1.807) is 12.1 Å². The first kappa shape index (κ1) is 13.9. The van der Waals surface area contributed by atoms with Gasteiger partial charge >= 0.3 is 6.18 Å². The third-order valence-electron chi connectivity index (χ3n) is 3.21. The van der Waals surface area contributed by atoms with Crippen LogP contribution in [0, 0.1) is 0 Å². The Hall–Kier alpha value is -1.49. The first-order chi connectivity index (χ1) is 8.97.